The maximum absolute atomic E-state index is 13.3. The van der Waals surface area contributed by atoms with Crippen molar-refractivity contribution in [3.05, 3.63) is 66.0 Å². The Balaban J connectivity index is 1.38. The molecule has 3 aliphatic rings. The lowest BCUT2D eigenvalue weighted by atomic mass is 9.70. The zero-order valence-corrected chi connectivity index (χ0v) is 19.7. The van der Waals surface area contributed by atoms with Gasteiger partial charge < -0.3 is 14.4 Å². The van der Waals surface area contributed by atoms with Gasteiger partial charge in [0, 0.05) is 51.4 Å². The molecule has 0 N–H and O–H groups in total. The minimum Gasteiger partial charge on any atom is -0.440 e. The van der Waals surface area contributed by atoms with Crippen molar-refractivity contribution in [2.24, 2.45) is 0 Å². The largest absolute Gasteiger partial charge is 0.440 e. The number of morpholine rings is 1. The number of carbonyl (C=O) groups excluding carboxylic acids is 2. The van der Waals surface area contributed by atoms with E-state index in [0.29, 0.717) is 52.2 Å². The van der Waals surface area contributed by atoms with Crippen molar-refractivity contribution in [3.8, 4) is 0 Å². The summed E-state index contributed by atoms with van der Waals surface area (Å²) in [5, 5.41) is 0. The van der Waals surface area contributed by atoms with Gasteiger partial charge in [-0.1, -0.05) is 36.4 Å². The van der Waals surface area contributed by atoms with Gasteiger partial charge in [0.2, 0.25) is 5.91 Å². The van der Waals surface area contributed by atoms with E-state index < -0.39 is 11.1 Å². The molecule has 1 aromatic heterocycles. The number of piperidine rings is 1. The van der Waals surface area contributed by atoms with Crippen LogP contribution in [0.25, 0.3) is 0 Å². The number of nitrogens with zero attached hydrogens (tertiary/aromatic N) is 4. The molecule has 3 fully saturated rings. The smallest absolute Gasteiger partial charge is 0.411 e. The summed E-state index contributed by atoms with van der Waals surface area (Å²) >= 11 is 0. The fraction of sp³-hybridized carbons (Fsp3) is 0.500. The number of amides is 2. The number of carbonyl (C=O) groups is 2. The topological polar surface area (TPSA) is 75.2 Å². The normalized spacial score (nSPS) is 24.9. The minimum absolute atomic E-state index is 0.130. The maximum atomic E-state index is 13.3. The van der Waals surface area contributed by atoms with Gasteiger partial charge in [0.25, 0.3) is 0 Å². The molecule has 1 spiro atoms. The number of ether oxygens (including phenoxy) is 2. The second-order valence-corrected chi connectivity index (χ2v) is 9.52. The van der Waals surface area contributed by atoms with Crippen molar-refractivity contribution >= 4 is 12.0 Å². The third kappa shape index (κ3) is 4.05. The summed E-state index contributed by atoms with van der Waals surface area (Å²) < 4.78 is 11.6. The van der Waals surface area contributed by atoms with Crippen molar-refractivity contribution in [2.75, 3.05) is 45.9 Å². The van der Waals surface area contributed by atoms with Gasteiger partial charge in [-0.3, -0.25) is 19.6 Å². The lowest BCUT2D eigenvalue weighted by Crippen LogP contribution is -2.59. The highest BCUT2D eigenvalue weighted by Gasteiger charge is 2.64. The van der Waals surface area contributed by atoms with Gasteiger partial charge in [0.1, 0.15) is 11.1 Å². The van der Waals surface area contributed by atoms with Crippen molar-refractivity contribution in [2.45, 2.75) is 37.5 Å². The van der Waals surface area contributed by atoms with Gasteiger partial charge in [-0.25, -0.2) is 4.79 Å². The molecule has 0 bridgehead atoms. The van der Waals surface area contributed by atoms with Crippen LogP contribution in [0.15, 0.2) is 54.9 Å². The molecule has 5 rings (SSSR count). The van der Waals surface area contributed by atoms with Crippen molar-refractivity contribution in [1.29, 1.82) is 0 Å². The highest BCUT2D eigenvalue weighted by Crippen LogP contribution is 2.52. The van der Waals surface area contributed by atoms with E-state index in [0.717, 1.165) is 24.2 Å². The van der Waals surface area contributed by atoms with E-state index in [9.17, 15) is 9.59 Å². The molecule has 180 valence electrons. The summed E-state index contributed by atoms with van der Waals surface area (Å²) in [5.41, 5.74) is 0.570. The minimum atomic E-state index is -0.725. The van der Waals surface area contributed by atoms with Crippen LogP contribution in [0.1, 0.15) is 30.9 Å². The number of aromatic nitrogens is 1. The summed E-state index contributed by atoms with van der Waals surface area (Å²) in [7, 11) is 0. The van der Waals surface area contributed by atoms with Crippen LogP contribution < -0.4 is 0 Å². The van der Waals surface area contributed by atoms with Crippen molar-refractivity contribution in [1.82, 2.24) is 19.7 Å². The zero-order chi connectivity index (χ0) is 23.6. The molecule has 8 nitrogen and oxygen atoms in total. The summed E-state index contributed by atoms with van der Waals surface area (Å²) in [5.74, 6) is 0.130. The molecule has 1 aromatic carbocycles. The summed E-state index contributed by atoms with van der Waals surface area (Å²) in [4.78, 5) is 36.5. The molecule has 34 heavy (non-hydrogen) atoms. The van der Waals surface area contributed by atoms with Gasteiger partial charge in [0.15, 0.2) is 0 Å². The Hall–Kier alpha value is -2.97. The van der Waals surface area contributed by atoms with Gasteiger partial charge >= 0.3 is 6.09 Å². The van der Waals surface area contributed by atoms with Crippen LogP contribution >= 0.6 is 0 Å². The molecule has 1 unspecified atom stereocenters. The Morgan fingerprint density at radius 3 is 2.44 bits per heavy atom. The van der Waals surface area contributed by atoms with Crippen molar-refractivity contribution in [3.63, 3.8) is 0 Å². The molecule has 1 atom stereocenters. The quantitative estimate of drug-likeness (QED) is 0.677. The summed E-state index contributed by atoms with van der Waals surface area (Å²) in [6.45, 7) is 6.99. The first-order valence-corrected chi connectivity index (χ1v) is 12.0. The van der Waals surface area contributed by atoms with Crippen LogP contribution in [0.2, 0.25) is 0 Å². The average molecular weight is 465 g/mol. The monoisotopic (exact) mass is 464 g/mol. The molecule has 2 aromatic rings. The number of hydrogen-bond acceptors (Lipinski definition) is 6. The summed E-state index contributed by atoms with van der Waals surface area (Å²) in [6.07, 6.45) is 4.43. The van der Waals surface area contributed by atoms with Crippen LogP contribution in [0.4, 0.5) is 4.79 Å². The molecule has 4 heterocycles. The standard InChI is InChI=1S/C26H32N4O4/c1-25(22-8-5-11-27-18-22)26(34-24(32)30(25)19-21-6-3-2-4-7-21)9-12-29(13-10-26)23(31)20-28-14-16-33-17-15-28/h2-8,11,18H,9-10,12-17,19-20H2,1H3. The molecule has 0 saturated carbocycles. The van der Waals surface area contributed by atoms with Gasteiger partial charge in [-0.2, -0.15) is 0 Å². The first-order chi connectivity index (χ1) is 16.5. The fourth-order valence-corrected chi connectivity index (χ4v) is 5.57. The number of likely N-dealkylation sites (tertiary alicyclic amines) is 1. The molecule has 8 heteroatoms. The van der Waals surface area contributed by atoms with E-state index in [1.807, 2.05) is 58.5 Å². The Kier molecular flexibility index (Phi) is 6.27. The molecule has 0 radical (unpaired) electrons. The summed E-state index contributed by atoms with van der Waals surface area (Å²) in [6, 6.07) is 13.9. The van der Waals surface area contributed by atoms with Gasteiger partial charge in [0.05, 0.1) is 26.3 Å². The number of rotatable bonds is 5. The first-order valence-electron chi connectivity index (χ1n) is 12.0. The predicted octanol–water partition coefficient (Wildman–Crippen LogP) is 2.64. The first kappa shape index (κ1) is 22.8. The molecule has 3 saturated heterocycles. The van der Waals surface area contributed by atoms with Crippen LogP contribution in [-0.4, -0.2) is 83.2 Å². The van der Waals surface area contributed by atoms with E-state index in [-0.39, 0.29) is 12.0 Å². The van der Waals surface area contributed by atoms with E-state index in [1.165, 1.54) is 0 Å². The second-order valence-electron chi connectivity index (χ2n) is 9.52. The van der Waals surface area contributed by atoms with Crippen LogP contribution in [0.3, 0.4) is 0 Å². The Morgan fingerprint density at radius 1 is 1.03 bits per heavy atom. The number of benzene rings is 1. The third-order valence-corrected chi connectivity index (χ3v) is 7.72. The average Bonchev–Trinajstić information content (AvgIpc) is 3.08. The molecular weight excluding hydrogens is 432 g/mol. The Bertz CT molecular complexity index is 1000. The number of hydrogen-bond donors (Lipinski definition) is 0. The molecule has 2 amide bonds. The lowest BCUT2D eigenvalue weighted by molar-refractivity contribution is -0.139. The Morgan fingerprint density at radius 2 is 1.76 bits per heavy atom. The third-order valence-electron chi connectivity index (χ3n) is 7.72. The van der Waals surface area contributed by atoms with E-state index in [4.69, 9.17) is 9.47 Å². The Labute approximate surface area is 200 Å². The molecular formula is C26H32N4O4. The molecule has 0 aliphatic carbocycles. The fourth-order valence-electron chi connectivity index (χ4n) is 5.57. The highest BCUT2D eigenvalue weighted by molar-refractivity contribution is 5.79. The predicted molar refractivity (Wildman–Crippen MR) is 126 cm³/mol. The van der Waals surface area contributed by atoms with Crippen LogP contribution in [0, 0.1) is 0 Å². The molecule has 3 aliphatic heterocycles. The zero-order valence-electron chi connectivity index (χ0n) is 19.7. The lowest BCUT2D eigenvalue weighted by Gasteiger charge is -2.48. The second kappa shape index (κ2) is 9.35. The van der Waals surface area contributed by atoms with Crippen LogP contribution in [0.5, 0.6) is 0 Å². The van der Waals surface area contributed by atoms with Gasteiger partial charge in [-0.15, -0.1) is 0 Å². The maximum Gasteiger partial charge on any atom is 0.411 e. The van der Waals surface area contributed by atoms with Crippen LogP contribution in [-0.2, 0) is 26.4 Å². The van der Waals surface area contributed by atoms with E-state index in [2.05, 4.69) is 16.8 Å². The SMILES string of the molecule is CC1(c2cccnc2)N(Cc2ccccc2)C(=O)OC12CCN(C(=O)CN1CCOCC1)CC2. The van der Waals surface area contributed by atoms with E-state index >= 15 is 0 Å². The van der Waals surface area contributed by atoms with E-state index in [1.54, 1.807) is 6.20 Å². The highest BCUT2D eigenvalue weighted by atomic mass is 16.6. The number of pyridine rings is 1. The van der Waals surface area contributed by atoms with Gasteiger partial charge in [-0.05, 0) is 24.1 Å². The van der Waals surface area contributed by atoms with Crippen molar-refractivity contribution < 1.29 is 19.1 Å².